The lowest BCUT2D eigenvalue weighted by molar-refractivity contribution is -0.0863. The lowest BCUT2D eigenvalue weighted by Gasteiger charge is -2.31. The zero-order valence-electron chi connectivity index (χ0n) is 11.7. The van der Waals surface area contributed by atoms with E-state index in [0.29, 0.717) is 30.8 Å². The third-order valence-corrected chi connectivity index (χ3v) is 3.49. The highest BCUT2D eigenvalue weighted by atomic mass is 16.5. The second-order valence-corrected chi connectivity index (χ2v) is 4.53. The van der Waals surface area contributed by atoms with Crippen molar-refractivity contribution in [2.45, 2.75) is 58.3 Å². The monoisotopic (exact) mass is 256 g/mol. The van der Waals surface area contributed by atoms with Crippen molar-refractivity contribution in [2.75, 3.05) is 7.11 Å². The summed E-state index contributed by atoms with van der Waals surface area (Å²) in [5, 5.41) is 25.1. The highest BCUT2D eigenvalue weighted by Gasteiger charge is 2.37. The number of aliphatic hydroxyl groups is 2. The maximum absolute atomic E-state index is 10.5. The highest BCUT2D eigenvalue weighted by Crippen LogP contribution is 2.36. The minimum Gasteiger partial charge on any atom is -0.493 e. The summed E-state index contributed by atoms with van der Waals surface area (Å²) in [5.74, 6) is 0.524. The van der Waals surface area contributed by atoms with Crippen molar-refractivity contribution in [3.63, 3.8) is 0 Å². The Kier molecular flexibility index (Phi) is 5.16. The quantitative estimate of drug-likeness (QED) is 0.781. The predicted octanol–water partition coefficient (Wildman–Crippen LogP) is 1.89. The van der Waals surface area contributed by atoms with Crippen molar-refractivity contribution in [1.29, 1.82) is 0 Å². The van der Waals surface area contributed by atoms with Crippen LogP contribution in [0.2, 0.25) is 0 Å². The molecule has 0 fully saturated rings. The molecule has 18 heavy (non-hydrogen) atoms. The zero-order chi connectivity index (χ0) is 13.8. The van der Waals surface area contributed by atoms with E-state index in [1.807, 2.05) is 20.8 Å². The highest BCUT2D eigenvalue weighted by molar-refractivity contribution is 5.29. The summed E-state index contributed by atoms with van der Waals surface area (Å²) >= 11 is 0. The topological polar surface area (TPSA) is 67.5 Å². The number of methoxy groups -OCH3 is 1. The van der Waals surface area contributed by atoms with E-state index in [0.717, 1.165) is 6.42 Å². The first-order chi connectivity index (χ1) is 8.53. The lowest BCUT2D eigenvalue weighted by atomic mass is 9.88. The normalized spacial score (nSPS) is 13.7. The summed E-state index contributed by atoms with van der Waals surface area (Å²) in [7, 11) is 1.54. The van der Waals surface area contributed by atoms with Gasteiger partial charge in [0.25, 0.3) is 0 Å². The van der Waals surface area contributed by atoms with Crippen LogP contribution in [0.4, 0.5) is 0 Å². The van der Waals surface area contributed by atoms with Crippen LogP contribution < -0.4 is 4.74 Å². The van der Waals surface area contributed by atoms with Gasteiger partial charge in [0.15, 0.2) is 5.75 Å². The van der Waals surface area contributed by atoms with Crippen molar-refractivity contribution >= 4 is 0 Å². The maximum Gasteiger partial charge on any atom is 0.162 e. The van der Waals surface area contributed by atoms with Crippen LogP contribution in [0.25, 0.3) is 0 Å². The van der Waals surface area contributed by atoms with Gasteiger partial charge in [0.05, 0.1) is 18.9 Å². The molecular weight excluding hydrogens is 232 g/mol. The van der Waals surface area contributed by atoms with Crippen molar-refractivity contribution in [2.24, 2.45) is 0 Å². The van der Waals surface area contributed by atoms with E-state index in [-0.39, 0.29) is 0 Å². The number of aliphatic hydroxyl groups excluding tert-OH is 1. The Morgan fingerprint density at radius 3 is 2.44 bits per heavy atom. The number of hydrogen-bond acceptors (Lipinski definition) is 4. The molecule has 104 valence electrons. The van der Waals surface area contributed by atoms with Crippen LogP contribution in [0.5, 0.6) is 5.75 Å². The molecule has 0 aliphatic heterocycles. The van der Waals surface area contributed by atoms with Crippen LogP contribution in [0, 0.1) is 0 Å². The molecule has 1 aromatic heterocycles. The average Bonchev–Trinajstić information content (AvgIpc) is 2.80. The number of hydrogen-bond donors (Lipinski definition) is 2. The summed E-state index contributed by atoms with van der Waals surface area (Å²) in [6.45, 7) is 6.45. The number of aromatic nitrogens is 2. The second kappa shape index (κ2) is 6.20. The third kappa shape index (κ3) is 2.67. The van der Waals surface area contributed by atoms with Gasteiger partial charge in [-0.2, -0.15) is 5.10 Å². The molecule has 5 heteroatoms. The van der Waals surface area contributed by atoms with Gasteiger partial charge in [-0.3, -0.25) is 4.68 Å². The van der Waals surface area contributed by atoms with Crippen LogP contribution in [-0.2, 0) is 6.54 Å². The van der Waals surface area contributed by atoms with Gasteiger partial charge in [0.2, 0.25) is 0 Å². The van der Waals surface area contributed by atoms with Gasteiger partial charge in [-0.1, -0.05) is 20.8 Å². The molecule has 0 radical (unpaired) electrons. The Hall–Kier alpha value is -1.07. The smallest absolute Gasteiger partial charge is 0.162 e. The Bertz CT molecular complexity index is 372. The summed E-state index contributed by atoms with van der Waals surface area (Å²) in [5.41, 5.74) is -0.579. The number of ether oxygens (including phenoxy) is 1. The molecule has 0 saturated heterocycles. The van der Waals surface area contributed by atoms with Gasteiger partial charge in [-0.15, -0.1) is 0 Å². The zero-order valence-corrected chi connectivity index (χ0v) is 11.7. The minimum absolute atomic E-state index is 0.477. The lowest BCUT2D eigenvalue weighted by Crippen LogP contribution is -2.36. The van der Waals surface area contributed by atoms with E-state index in [9.17, 15) is 10.2 Å². The number of nitrogens with zero attached hydrogens (tertiary/aromatic N) is 2. The standard InChI is InChI=1S/C13H24N2O3/c1-5-8-15-11(10(18-4)9-14-15)12(16)13(17,6-2)7-3/h9,12,16-17H,5-8H2,1-4H3. The van der Waals surface area contributed by atoms with E-state index in [2.05, 4.69) is 5.10 Å². The van der Waals surface area contributed by atoms with Crippen molar-refractivity contribution in [3.05, 3.63) is 11.9 Å². The summed E-state index contributed by atoms with van der Waals surface area (Å²) in [6, 6.07) is 0. The molecule has 2 N–H and O–H groups in total. The maximum atomic E-state index is 10.5. The number of aryl methyl sites for hydroxylation is 1. The molecule has 0 amide bonds. The Balaban J connectivity index is 3.16. The molecule has 0 bridgehead atoms. The van der Waals surface area contributed by atoms with Crippen LogP contribution in [-0.4, -0.2) is 32.7 Å². The minimum atomic E-state index is -1.14. The molecule has 5 nitrogen and oxygen atoms in total. The largest absolute Gasteiger partial charge is 0.493 e. The van der Waals surface area contributed by atoms with Crippen LogP contribution in [0.3, 0.4) is 0 Å². The first-order valence-electron chi connectivity index (χ1n) is 6.54. The van der Waals surface area contributed by atoms with Crippen molar-refractivity contribution in [1.82, 2.24) is 9.78 Å². The average molecular weight is 256 g/mol. The van der Waals surface area contributed by atoms with Crippen molar-refractivity contribution in [3.8, 4) is 5.75 Å². The molecule has 1 heterocycles. The first-order valence-corrected chi connectivity index (χ1v) is 6.54. The van der Waals surface area contributed by atoms with E-state index >= 15 is 0 Å². The van der Waals surface area contributed by atoms with E-state index in [1.54, 1.807) is 18.0 Å². The Morgan fingerprint density at radius 1 is 1.39 bits per heavy atom. The molecule has 1 aromatic rings. The fourth-order valence-corrected chi connectivity index (χ4v) is 2.09. The van der Waals surface area contributed by atoms with Gasteiger partial charge in [-0.25, -0.2) is 0 Å². The van der Waals surface area contributed by atoms with Crippen LogP contribution in [0.1, 0.15) is 51.8 Å². The Labute approximate surface area is 108 Å². The Morgan fingerprint density at radius 2 is 2.00 bits per heavy atom. The van der Waals surface area contributed by atoms with Gasteiger partial charge >= 0.3 is 0 Å². The molecule has 0 aromatic carbocycles. The van der Waals surface area contributed by atoms with Gasteiger partial charge in [0.1, 0.15) is 11.8 Å². The summed E-state index contributed by atoms with van der Waals surface area (Å²) in [4.78, 5) is 0. The van der Waals surface area contributed by atoms with E-state index in [4.69, 9.17) is 4.74 Å². The molecular formula is C13H24N2O3. The molecule has 0 saturated carbocycles. The molecule has 0 aliphatic carbocycles. The first kappa shape index (κ1) is 15.0. The van der Waals surface area contributed by atoms with Gasteiger partial charge in [0, 0.05) is 6.54 Å². The fraction of sp³-hybridized carbons (Fsp3) is 0.769. The molecule has 0 spiro atoms. The predicted molar refractivity (Wildman–Crippen MR) is 69.6 cm³/mol. The molecule has 1 unspecified atom stereocenters. The molecule has 1 rings (SSSR count). The van der Waals surface area contributed by atoms with E-state index in [1.165, 1.54) is 0 Å². The second-order valence-electron chi connectivity index (χ2n) is 4.53. The van der Waals surface area contributed by atoms with Crippen LogP contribution in [0.15, 0.2) is 6.20 Å². The fourth-order valence-electron chi connectivity index (χ4n) is 2.09. The molecule has 0 aliphatic rings. The van der Waals surface area contributed by atoms with Crippen molar-refractivity contribution < 1.29 is 14.9 Å². The third-order valence-electron chi connectivity index (χ3n) is 3.49. The van der Waals surface area contributed by atoms with Crippen LogP contribution >= 0.6 is 0 Å². The SMILES string of the molecule is CCCn1ncc(OC)c1C(O)C(O)(CC)CC. The summed E-state index contributed by atoms with van der Waals surface area (Å²) < 4.78 is 6.93. The van der Waals surface area contributed by atoms with E-state index < -0.39 is 11.7 Å². The molecule has 1 atom stereocenters. The van der Waals surface area contributed by atoms with Gasteiger partial charge < -0.3 is 14.9 Å². The summed E-state index contributed by atoms with van der Waals surface area (Å²) in [6.07, 6.45) is 2.45. The number of rotatable bonds is 7. The van der Waals surface area contributed by atoms with Gasteiger partial charge in [-0.05, 0) is 19.3 Å².